The smallest absolute Gasteiger partial charge is 0.262 e. The number of likely N-dealkylation sites (tertiary alicyclic amines) is 1. The molecule has 5 nitrogen and oxygen atoms in total. The van der Waals surface area contributed by atoms with Gasteiger partial charge in [-0.05, 0) is 49.0 Å². The van der Waals surface area contributed by atoms with E-state index in [0.29, 0.717) is 5.92 Å². The molecule has 0 aromatic carbocycles. The lowest BCUT2D eigenvalue weighted by Crippen LogP contribution is -2.37. The SMILES string of the molecule is CC(C)(C)[C@@H]1CCc2c(sc3ncn(CC(=O)N4CCCCCC4)c(=O)c23)C1. The number of hydrogen-bond acceptors (Lipinski definition) is 4. The van der Waals surface area contributed by atoms with Crippen molar-refractivity contribution >= 4 is 27.5 Å². The van der Waals surface area contributed by atoms with E-state index in [9.17, 15) is 9.59 Å². The summed E-state index contributed by atoms with van der Waals surface area (Å²) in [4.78, 5) is 34.6. The first-order valence-electron chi connectivity index (χ1n) is 10.6. The molecule has 3 heterocycles. The van der Waals surface area contributed by atoms with Crippen molar-refractivity contribution in [3.05, 3.63) is 27.1 Å². The highest BCUT2D eigenvalue weighted by Gasteiger charge is 2.31. The Labute approximate surface area is 170 Å². The molecule has 6 heteroatoms. The fourth-order valence-electron chi connectivity index (χ4n) is 4.62. The molecule has 1 aliphatic heterocycles. The molecule has 0 spiro atoms. The highest BCUT2D eigenvalue weighted by Crippen LogP contribution is 2.41. The zero-order chi connectivity index (χ0) is 19.9. The minimum absolute atomic E-state index is 0.0418. The van der Waals surface area contributed by atoms with Crippen molar-refractivity contribution < 1.29 is 4.79 Å². The van der Waals surface area contributed by atoms with Gasteiger partial charge in [-0.25, -0.2) is 4.98 Å². The van der Waals surface area contributed by atoms with Gasteiger partial charge in [0.15, 0.2) is 0 Å². The van der Waals surface area contributed by atoms with E-state index in [1.807, 2.05) is 4.90 Å². The highest BCUT2D eigenvalue weighted by molar-refractivity contribution is 7.18. The second kappa shape index (κ2) is 7.62. The predicted octanol–water partition coefficient (Wildman–Crippen LogP) is 4.01. The van der Waals surface area contributed by atoms with Crippen LogP contribution in [0.5, 0.6) is 0 Å². The van der Waals surface area contributed by atoms with Gasteiger partial charge in [-0.15, -0.1) is 11.3 Å². The zero-order valence-electron chi connectivity index (χ0n) is 17.3. The lowest BCUT2D eigenvalue weighted by atomic mass is 9.72. The van der Waals surface area contributed by atoms with Crippen molar-refractivity contribution in [3.63, 3.8) is 0 Å². The summed E-state index contributed by atoms with van der Waals surface area (Å²) in [5, 5.41) is 0.763. The third-order valence-electron chi connectivity index (χ3n) is 6.52. The van der Waals surface area contributed by atoms with E-state index in [0.717, 1.165) is 55.4 Å². The first-order chi connectivity index (χ1) is 13.3. The number of amides is 1. The number of thiophene rings is 1. The van der Waals surface area contributed by atoms with Gasteiger partial charge in [0.25, 0.3) is 5.56 Å². The lowest BCUT2D eigenvalue weighted by Gasteiger charge is -2.33. The normalized spacial score (nSPS) is 20.8. The predicted molar refractivity (Wildman–Crippen MR) is 114 cm³/mol. The van der Waals surface area contributed by atoms with Gasteiger partial charge in [-0.3, -0.25) is 14.2 Å². The van der Waals surface area contributed by atoms with Gasteiger partial charge in [0.1, 0.15) is 11.4 Å². The van der Waals surface area contributed by atoms with Gasteiger partial charge >= 0.3 is 0 Å². The molecule has 1 fully saturated rings. The van der Waals surface area contributed by atoms with E-state index in [1.54, 1.807) is 17.7 Å². The van der Waals surface area contributed by atoms with Crippen molar-refractivity contribution in [2.75, 3.05) is 13.1 Å². The molecular formula is C22H31N3O2S. The Hall–Kier alpha value is -1.69. The second-order valence-corrected chi connectivity index (χ2v) is 10.5. The molecule has 4 rings (SSSR count). The van der Waals surface area contributed by atoms with E-state index in [2.05, 4.69) is 25.8 Å². The second-order valence-electron chi connectivity index (χ2n) is 9.46. The Morgan fingerprint density at radius 3 is 2.61 bits per heavy atom. The molecule has 2 aliphatic rings. The number of carbonyl (C=O) groups is 1. The van der Waals surface area contributed by atoms with E-state index in [4.69, 9.17) is 0 Å². The molecule has 2 aromatic rings. The van der Waals surface area contributed by atoms with Gasteiger partial charge in [-0.2, -0.15) is 0 Å². The van der Waals surface area contributed by atoms with Crippen LogP contribution >= 0.6 is 11.3 Å². The van der Waals surface area contributed by atoms with Crippen LogP contribution in [0.3, 0.4) is 0 Å². The summed E-state index contributed by atoms with van der Waals surface area (Å²) < 4.78 is 1.53. The number of fused-ring (bicyclic) bond motifs is 3. The summed E-state index contributed by atoms with van der Waals surface area (Å²) in [6.07, 6.45) is 9.16. The van der Waals surface area contributed by atoms with E-state index in [1.165, 1.54) is 27.8 Å². The van der Waals surface area contributed by atoms with Crippen molar-refractivity contribution in [2.24, 2.45) is 11.3 Å². The molecule has 1 aliphatic carbocycles. The van der Waals surface area contributed by atoms with Crippen LogP contribution in [0.2, 0.25) is 0 Å². The summed E-state index contributed by atoms with van der Waals surface area (Å²) in [5.41, 5.74) is 1.43. The third-order valence-corrected chi connectivity index (χ3v) is 7.69. The minimum atomic E-state index is -0.0418. The van der Waals surface area contributed by atoms with Crippen LogP contribution in [0.25, 0.3) is 10.2 Å². The van der Waals surface area contributed by atoms with Gasteiger partial charge in [0.05, 0.1) is 11.7 Å². The average molecular weight is 402 g/mol. The fourth-order valence-corrected chi connectivity index (χ4v) is 5.88. The summed E-state index contributed by atoms with van der Waals surface area (Å²) in [6.45, 7) is 8.63. The number of carbonyl (C=O) groups excluding carboxylic acids is 1. The Morgan fingerprint density at radius 2 is 1.93 bits per heavy atom. The zero-order valence-corrected chi connectivity index (χ0v) is 18.1. The van der Waals surface area contributed by atoms with Crippen LogP contribution in [-0.2, 0) is 24.2 Å². The Balaban J connectivity index is 1.61. The summed E-state index contributed by atoms with van der Waals surface area (Å²) in [6, 6.07) is 0. The molecule has 1 saturated heterocycles. The van der Waals surface area contributed by atoms with Gasteiger partial charge in [-0.1, -0.05) is 33.6 Å². The lowest BCUT2D eigenvalue weighted by molar-refractivity contribution is -0.131. The van der Waals surface area contributed by atoms with Crippen molar-refractivity contribution in [1.82, 2.24) is 14.5 Å². The monoisotopic (exact) mass is 401 g/mol. The van der Waals surface area contributed by atoms with Gasteiger partial charge in [0.2, 0.25) is 5.91 Å². The number of hydrogen-bond donors (Lipinski definition) is 0. The Morgan fingerprint density at radius 1 is 1.21 bits per heavy atom. The standard InChI is InChI=1S/C22H31N3O2S/c1-22(2,3)15-8-9-16-17(12-15)28-20-19(16)21(27)25(14-23-20)13-18(26)24-10-6-4-5-7-11-24/h14-15H,4-13H2,1-3H3/t15-/m1/s1. The van der Waals surface area contributed by atoms with Crippen molar-refractivity contribution in [2.45, 2.75) is 72.3 Å². The summed E-state index contributed by atoms with van der Waals surface area (Å²) >= 11 is 1.67. The molecule has 2 aromatic heterocycles. The Bertz CT molecular complexity index is 930. The van der Waals surface area contributed by atoms with Gasteiger partial charge < -0.3 is 4.90 Å². The van der Waals surface area contributed by atoms with Crippen LogP contribution in [0.4, 0.5) is 0 Å². The van der Waals surface area contributed by atoms with Crippen LogP contribution in [0.15, 0.2) is 11.1 Å². The van der Waals surface area contributed by atoms with Gasteiger partial charge in [0, 0.05) is 18.0 Å². The molecule has 0 bridgehead atoms. The first kappa shape index (κ1) is 19.6. The fraction of sp³-hybridized carbons (Fsp3) is 0.682. The molecule has 0 unspecified atom stereocenters. The molecular weight excluding hydrogens is 370 g/mol. The third kappa shape index (κ3) is 3.76. The van der Waals surface area contributed by atoms with Crippen LogP contribution < -0.4 is 5.56 Å². The summed E-state index contributed by atoms with van der Waals surface area (Å²) in [5.74, 6) is 0.682. The maximum Gasteiger partial charge on any atom is 0.262 e. The van der Waals surface area contributed by atoms with Crippen LogP contribution in [-0.4, -0.2) is 33.4 Å². The van der Waals surface area contributed by atoms with E-state index < -0.39 is 0 Å². The Kier molecular flexibility index (Phi) is 5.34. The molecule has 152 valence electrons. The average Bonchev–Trinajstić information content (AvgIpc) is 2.82. The first-order valence-corrected chi connectivity index (χ1v) is 11.4. The van der Waals surface area contributed by atoms with E-state index >= 15 is 0 Å². The van der Waals surface area contributed by atoms with Crippen molar-refractivity contribution in [3.8, 4) is 0 Å². The van der Waals surface area contributed by atoms with Crippen LogP contribution in [0.1, 0.15) is 63.3 Å². The highest BCUT2D eigenvalue weighted by atomic mass is 32.1. The van der Waals surface area contributed by atoms with Crippen LogP contribution in [0, 0.1) is 11.3 Å². The van der Waals surface area contributed by atoms with Crippen molar-refractivity contribution in [1.29, 1.82) is 0 Å². The number of aromatic nitrogens is 2. The minimum Gasteiger partial charge on any atom is -0.341 e. The molecule has 28 heavy (non-hydrogen) atoms. The van der Waals surface area contributed by atoms with E-state index in [-0.39, 0.29) is 23.4 Å². The topological polar surface area (TPSA) is 55.2 Å². The molecule has 1 amide bonds. The number of aryl methyl sites for hydroxylation is 1. The summed E-state index contributed by atoms with van der Waals surface area (Å²) in [7, 11) is 0. The molecule has 0 radical (unpaired) electrons. The number of rotatable bonds is 2. The maximum atomic E-state index is 13.2. The largest absolute Gasteiger partial charge is 0.341 e. The molecule has 1 atom stereocenters. The number of nitrogens with zero attached hydrogens (tertiary/aromatic N) is 3. The molecule has 0 N–H and O–H groups in total. The quantitative estimate of drug-likeness (QED) is 0.764. The maximum absolute atomic E-state index is 13.2. The molecule has 0 saturated carbocycles.